The molecule has 1 aromatic heterocycles. The molecular formula is C15H13FN4O. The highest BCUT2D eigenvalue weighted by Gasteiger charge is 2.11. The van der Waals surface area contributed by atoms with Gasteiger partial charge < -0.3 is 10.1 Å². The Morgan fingerprint density at radius 3 is 2.71 bits per heavy atom. The summed E-state index contributed by atoms with van der Waals surface area (Å²) in [7, 11) is 1.48. The van der Waals surface area contributed by atoms with Gasteiger partial charge in [-0.2, -0.15) is 0 Å². The molecule has 0 fully saturated rings. The molecule has 21 heavy (non-hydrogen) atoms. The number of nitrogens with zero attached hydrogens (tertiary/aromatic N) is 3. The fourth-order valence-electron chi connectivity index (χ4n) is 2.06. The molecule has 0 saturated carbocycles. The number of hydrogen-bond donors (Lipinski definition) is 1. The van der Waals surface area contributed by atoms with Gasteiger partial charge in [0, 0.05) is 0 Å². The molecule has 0 aliphatic heterocycles. The van der Waals surface area contributed by atoms with Gasteiger partial charge in [-0.15, -0.1) is 10.2 Å². The monoisotopic (exact) mass is 284 g/mol. The van der Waals surface area contributed by atoms with Crippen molar-refractivity contribution in [2.45, 2.75) is 6.92 Å². The zero-order valence-corrected chi connectivity index (χ0v) is 11.6. The van der Waals surface area contributed by atoms with Gasteiger partial charge in [0.05, 0.1) is 12.6 Å². The van der Waals surface area contributed by atoms with E-state index in [0.717, 1.165) is 11.1 Å². The largest absolute Gasteiger partial charge is 0.494 e. The average molecular weight is 284 g/mol. The van der Waals surface area contributed by atoms with E-state index in [9.17, 15) is 4.39 Å². The molecule has 0 aliphatic rings. The fourth-order valence-corrected chi connectivity index (χ4v) is 2.06. The van der Waals surface area contributed by atoms with E-state index in [1.165, 1.54) is 13.2 Å². The number of para-hydroxylation sites is 2. The molecule has 106 valence electrons. The third-order valence-electron chi connectivity index (χ3n) is 3.12. The van der Waals surface area contributed by atoms with Crippen LogP contribution in [-0.2, 0) is 0 Å². The van der Waals surface area contributed by atoms with E-state index in [1.807, 2.05) is 25.1 Å². The van der Waals surface area contributed by atoms with Gasteiger partial charge in [-0.25, -0.2) is 9.37 Å². The Labute approximate surface area is 120 Å². The van der Waals surface area contributed by atoms with Crippen LogP contribution in [0.25, 0.3) is 11.0 Å². The van der Waals surface area contributed by atoms with Crippen molar-refractivity contribution >= 4 is 22.7 Å². The predicted molar refractivity (Wildman–Crippen MR) is 78.3 cm³/mol. The van der Waals surface area contributed by atoms with Crippen LogP contribution in [0, 0.1) is 12.7 Å². The van der Waals surface area contributed by atoms with Crippen LogP contribution in [0.2, 0.25) is 0 Å². The van der Waals surface area contributed by atoms with Crippen LogP contribution in [0.5, 0.6) is 5.75 Å². The lowest BCUT2D eigenvalue weighted by Gasteiger charge is -2.10. The minimum Gasteiger partial charge on any atom is -0.494 e. The van der Waals surface area contributed by atoms with Crippen molar-refractivity contribution in [3.8, 4) is 5.75 Å². The number of aromatic nitrogens is 3. The van der Waals surface area contributed by atoms with Crippen molar-refractivity contribution in [2.24, 2.45) is 0 Å². The van der Waals surface area contributed by atoms with E-state index in [1.54, 1.807) is 12.1 Å². The fraction of sp³-hybridized carbons (Fsp3) is 0.133. The number of hydrogen-bond acceptors (Lipinski definition) is 5. The Kier molecular flexibility index (Phi) is 3.35. The first-order valence-electron chi connectivity index (χ1n) is 6.38. The van der Waals surface area contributed by atoms with Crippen molar-refractivity contribution in [1.82, 2.24) is 15.2 Å². The molecule has 1 heterocycles. The van der Waals surface area contributed by atoms with E-state index < -0.39 is 5.82 Å². The van der Waals surface area contributed by atoms with Crippen LogP contribution in [0.1, 0.15) is 5.56 Å². The number of aryl methyl sites for hydroxylation is 1. The predicted octanol–water partition coefficient (Wildman–Crippen LogP) is 3.22. The first kappa shape index (κ1) is 13.2. The van der Waals surface area contributed by atoms with E-state index in [4.69, 9.17) is 4.74 Å². The maximum atomic E-state index is 13.9. The molecular weight excluding hydrogens is 271 g/mol. The Balaban J connectivity index is 2.05. The lowest BCUT2D eigenvalue weighted by atomic mass is 10.2. The van der Waals surface area contributed by atoms with E-state index in [2.05, 4.69) is 20.5 Å². The third-order valence-corrected chi connectivity index (χ3v) is 3.12. The second-order valence-corrected chi connectivity index (χ2v) is 4.52. The van der Waals surface area contributed by atoms with Crippen LogP contribution in [-0.4, -0.2) is 22.3 Å². The molecule has 3 aromatic rings. The zero-order valence-electron chi connectivity index (χ0n) is 11.6. The summed E-state index contributed by atoms with van der Waals surface area (Å²) >= 11 is 0. The molecule has 3 rings (SSSR count). The summed E-state index contributed by atoms with van der Waals surface area (Å²) in [6, 6.07) is 10.2. The van der Waals surface area contributed by atoms with Gasteiger partial charge in [-0.05, 0) is 30.7 Å². The van der Waals surface area contributed by atoms with Crippen LogP contribution in [0.15, 0.2) is 36.4 Å². The molecule has 2 aromatic carbocycles. The van der Waals surface area contributed by atoms with E-state index >= 15 is 0 Å². The van der Waals surface area contributed by atoms with Gasteiger partial charge in [0.25, 0.3) is 0 Å². The highest BCUT2D eigenvalue weighted by atomic mass is 19.1. The molecule has 0 bridgehead atoms. The quantitative estimate of drug-likeness (QED) is 0.800. The zero-order chi connectivity index (χ0) is 14.8. The minimum absolute atomic E-state index is 0.190. The standard InChI is InChI=1S/C15H13FN4O/c1-9-5-3-7-11-13(9)17-15(20-19-11)18-14-10(16)6-4-8-12(14)21-2/h3-8H,1-2H3,(H,17,18,20). The van der Waals surface area contributed by atoms with Gasteiger partial charge in [0.1, 0.15) is 17.0 Å². The Hall–Kier alpha value is -2.76. The molecule has 5 nitrogen and oxygen atoms in total. The van der Waals surface area contributed by atoms with Crippen LogP contribution in [0.4, 0.5) is 16.0 Å². The van der Waals surface area contributed by atoms with Crippen molar-refractivity contribution in [3.63, 3.8) is 0 Å². The number of halogens is 1. The minimum atomic E-state index is -0.442. The average Bonchev–Trinajstić information content (AvgIpc) is 2.50. The molecule has 0 radical (unpaired) electrons. The molecule has 0 atom stereocenters. The van der Waals surface area contributed by atoms with Crippen molar-refractivity contribution in [2.75, 3.05) is 12.4 Å². The Morgan fingerprint density at radius 1 is 1.10 bits per heavy atom. The maximum absolute atomic E-state index is 13.9. The summed E-state index contributed by atoms with van der Waals surface area (Å²) in [6.45, 7) is 1.93. The van der Waals surface area contributed by atoms with Crippen LogP contribution in [0.3, 0.4) is 0 Å². The van der Waals surface area contributed by atoms with Gasteiger partial charge in [-0.3, -0.25) is 0 Å². The number of benzene rings is 2. The lowest BCUT2D eigenvalue weighted by Crippen LogP contribution is -2.03. The van der Waals surface area contributed by atoms with Crippen molar-refractivity contribution in [1.29, 1.82) is 0 Å². The van der Waals surface area contributed by atoms with Crippen LogP contribution < -0.4 is 10.1 Å². The molecule has 1 N–H and O–H groups in total. The highest BCUT2D eigenvalue weighted by molar-refractivity contribution is 5.78. The second-order valence-electron chi connectivity index (χ2n) is 4.52. The second kappa shape index (κ2) is 5.32. The summed E-state index contributed by atoms with van der Waals surface area (Å²) in [6.07, 6.45) is 0. The lowest BCUT2D eigenvalue weighted by molar-refractivity contribution is 0.414. The number of ether oxygens (including phenoxy) is 1. The molecule has 0 saturated heterocycles. The number of fused-ring (bicyclic) bond motifs is 1. The molecule has 0 spiro atoms. The summed E-state index contributed by atoms with van der Waals surface area (Å²) in [4.78, 5) is 4.38. The number of nitrogens with one attached hydrogen (secondary N) is 1. The van der Waals surface area contributed by atoms with E-state index in [0.29, 0.717) is 11.3 Å². The van der Waals surface area contributed by atoms with Crippen LogP contribution >= 0.6 is 0 Å². The van der Waals surface area contributed by atoms with Gasteiger partial charge in [0.2, 0.25) is 5.95 Å². The Morgan fingerprint density at radius 2 is 1.90 bits per heavy atom. The summed E-state index contributed by atoms with van der Waals surface area (Å²) < 4.78 is 19.0. The van der Waals surface area contributed by atoms with E-state index in [-0.39, 0.29) is 11.6 Å². The topological polar surface area (TPSA) is 59.9 Å². The number of rotatable bonds is 3. The summed E-state index contributed by atoms with van der Waals surface area (Å²) in [5, 5.41) is 10.9. The Bertz CT molecular complexity index is 807. The van der Waals surface area contributed by atoms with Crippen molar-refractivity contribution < 1.29 is 9.13 Å². The third kappa shape index (κ3) is 2.47. The SMILES string of the molecule is COc1cccc(F)c1Nc1nnc2cccc(C)c2n1. The summed E-state index contributed by atoms with van der Waals surface area (Å²) in [5.74, 6) is 0.159. The molecule has 0 unspecified atom stereocenters. The molecule has 0 amide bonds. The van der Waals surface area contributed by atoms with Gasteiger partial charge >= 0.3 is 0 Å². The van der Waals surface area contributed by atoms with Gasteiger partial charge in [0.15, 0.2) is 5.82 Å². The molecule has 0 aliphatic carbocycles. The van der Waals surface area contributed by atoms with Gasteiger partial charge in [-0.1, -0.05) is 18.2 Å². The smallest absolute Gasteiger partial charge is 0.247 e. The number of anilines is 2. The highest BCUT2D eigenvalue weighted by Crippen LogP contribution is 2.29. The first-order valence-corrected chi connectivity index (χ1v) is 6.38. The number of methoxy groups -OCH3 is 1. The normalized spacial score (nSPS) is 10.6. The molecule has 6 heteroatoms. The van der Waals surface area contributed by atoms with Crippen molar-refractivity contribution in [3.05, 3.63) is 47.8 Å². The maximum Gasteiger partial charge on any atom is 0.247 e. The summed E-state index contributed by atoms with van der Waals surface area (Å²) in [5.41, 5.74) is 2.59. The first-order chi connectivity index (χ1) is 10.2.